The van der Waals surface area contributed by atoms with Gasteiger partial charge in [0.2, 0.25) is 0 Å². The Balaban J connectivity index is 2.43. The number of aromatic carboxylic acids is 1. The van der Waals surface area contributed by atoms with Crippen LogP contribution >= 0.6 is 0 Å². The zero-order valence-corrected chi connectivity index (χ0v) is 10.0. The fourth-order valence-electron chi connectivity index (χ4n) is 2.07. The maximum Gasteiger partial charge on any atom is 0.337 e. The second-order valence-electron chi connectivity index (χ2n) is 4.31. The Morgan fingerprint density at radius 3 is 2.94 bits per heavy atom. The van der Waals surface area contributed by atoms with E-state index in [-0.39, 0.29) is 23.0 Å². The van der Waals surface area contributed by atoms with Crippen molar-refractivity contribution in [2.45, 2.75) is 13.0 Å². The van der Waals surface area contributed by atoms with Crippen molar-refractivity contribution in [3.8, 4) is 0 Å². The van der Waals surface area contributed by atoms with Crippen LogP contribution in [0.15, 0.2) is 12.1 Å². The van der Waals surface area contributed by atoms with E-state index in [1.807, 2.05) is 6.92 Å². The first-order chi connectivity index (χ1) is 8.50. The molecule has 1 aromatic rings. The zero-order valence-electron chi connectivity index (χ0n) is 10.0. The summed E-state index contributed by atoms with van der Waals surface area (Å²) < 4.78 is 19.2. The molecule has 0 aliphatic carbocycles. The molecule has 1 heterocycles. The first kappa shape index (κ1) is 12.6. The molecule has 0 radical (unpaired) electrons. The molecule has 5 nitrogen and oxygen atoms in total. The summed E-state index contributed by atoms with van der Waals surface area (Å²) in [6.45, 7) is 3.42. The number of nitrogens with two attached hydrogens (primary N) is 1. The minimum absolute atomic E-state index is 0.00137. The lowest BCUT2D eigenvalue weighted by Gasteiger charge is -2.35. The van der Waals surface area contributed by atoms with Crippen molar-refractivity contribution in [3.63, 3.8) is 0 Å². The number of nitrogen functional groups attached to an aromatic ring is 1. The molecule has 1 atom stereocenters. The number of carboxylic acids is 1. The molecule has 0 spiro atoms. The van der Waals surface area contributed by atoms with E-state index in [1.165, 1.54) is 6.07 Å². The predicted molar refractivity (Wildman–Crippen MR) is 65.4 cm³/mol. The van der Waals surface area contributed by atoms with Crippen LogP contribution in [-0.4, -0.2) is 36.9 Å². The molecule has 1 aromatic carbocycles. The summed E-state index contributed by atoms with van der Waals surface area (Å²) in [6.07, 6.45) is 0. The molecule has 6 heteroatoms. The van der Waals surface area contributed by atoms with E-state index in [4.69, 9.17) is 15.6 Å². The highest BCUT2D eigenvalue weighted by Gasteiger charge is 2.24. The van der Waals surface area contributed by atoms with E-state index in [1.54, 1.807) is 4.90 Å². The number of benzene rings is 1. The summed E-state index contributed by atoms with van der Waals surface area (Å²) in [5.41, 5.74) is 5.61. The van der Waals surface area contributed by atoms with Gasteiger partial charge >= 0.3 is 5.97 Å². The van der Waals surface area contributed by atoms with Gasteiger partial charge in [0.05, 0.1) is 24.5 Å². The standard InChI is InChI=1S/C12H15FN2O3/c1-7-6-18-3-2-15(7)11-4-8(12(16)17)10(14)5-9(11)13/h4-5,7H,2-3,6,14H2,1H3,(H,16,17). The van der Waals surface area contributed by atoms with Crippen molar-refractivity contribution in [2.24, 2.45) is 0 Å². The number of carbonyl (C=O) groups is 1. The molecule has 1 aliphatic heterocycles. The number of hydrogen-bond acceptors (Lipinski definition) is 4. The van der Waals surface area contributed by atoms with Crippen LogP contribution in [0, 0.1) is 5.82 Å². The average molecular weight is 254 g/mol. The van der Waals surface area contributed by atoms with Gasteiger partial charge in [0.1, 0.15) is 5.82 Å². The molecule has 1 fully saturated rings. The minimum Gasteiger partial charge on any atom is -0.478 e. The maximum atomic E-state index is 13.9. The van der Waals surface area contributed by atoms with E-state index >= 15 is 0 Å². The largest absolute Gasteiger partial charge is 0.478 e. The summed E-state index contributed by atoms with van der Waals surface area (Å²) in [5.74, 6) is -1.67. The van der Waals surface area contributed by atoms with Crippen LogP contribution in [0.3, 0.4) is 0 Å². The van der Waals surface area contributed by atoms with Gasteiger partial charge in [-0.15, -0.1) is 0 Å². The lowest BCUT2D eigenvalue weighted by atomic mass is 10.1. The summed E-state index contributed by atoms with van der Waals surface area (Å²) >= 11 is 0. The minimum atomic E-state index is -1.16. The molecule has 1 saturated heterocycles. The number of anilines is 2. The van der Waals surface area contributed by atoms with E-state index < -0.39 is 11.8 Å². The highest BCUT2D eigenvalue weighted by atomic mass is 19.1. The van der Waals surface area contributed by atoms with Gasteiger partial charge < -0.3 is 20.5 Å². The molecule has 2 rings (SSSR count). The molecule has 0 bridgehead atoms. The number of carboxylic acid groups (broad SMARTS) is 1. The van der Waals surface area contributed by atoms with Crippen molar-refractivity contribution < 1.29 is 19.0 Å². The predicted octanol–water partition coefficient (Wildman–Crippen LogP) is 1.33. The monoisotopic (exact) mass is 254 g/mol. The number of ether oxygens (including phenoxy) is 1. The topological polar surface area (TPSA) is 75.8 Å². The van der Waals surface area contributed by atoms with Crippen LogP contribution in [0.2, 0.25) is 0 Å². The number of nitrogens with zero attached hydrogens (tertiary/aromatic N) is 1. The Morgan fingerprint density at radius 1 is 1.61 bits per heavy atom. The highest BCUT2D eigenvalue weighted by Crippen LogP contribution is 2.28. The SMILES string of the molecule is CC1COCCN1c1cc(C(=O)O)c(N)cc1F. The number of rotatable bonds is 2. The Kier molecular flexibility index (Phi) is 3.38. The first-order valence-electron chi connectivity index (χ1n) is 5.67. The van der Waals surface area contributed by atoms with Crippen LogP contribution in [0.4, 0.5) is 15.8 Å². The fraction of sp³-hybridized carbons (Fsp3) is 0.417. The molecular weight excluding hydrogens is 239 g/mol. The Morgan fingerprint density at radius 2 is 2.33 bits per heavy atom. The van der Waals surface area contributed by atoms with Gasteiger partial charge in [-0.05, 0) is 19.1 Å². The van der Waals surface area contributed by atoms with Gasteiger partial charge in [0, 0.05) is 18.3 Å². The van der Waals surface area contributed by atoms with Crippen molar-refractivity contribution in [3.05, 3.63) is 23.5 Å². The smallest absolute Gasteiger partial charge is 0.337 e. The van der Waals surface area contributed by atoms with Gasteiger partial charge in [-0.1, -0.05) is 0 Å². The molecule has 1 unspecified atom stereocenters. The third kappa shape index (κ3) is 2.24. The molecular formula is C12H15FN2O3. The lowest BCUT2D eigenvalue weighted by molar-refractivity contribution is 0.0698. The number of morpholine rings is 1. The van der Waals surface area contributed by atoms with Crippen LogP contribution in [-0.2, 0) is 4.74 Å². The van der Waals surface area contributed by atoms with Crippen LogP contribution in [0.5, 0.6) is 0 Å². The highest BCUT2D eigenvalue weighted by molar-refractivity contribution is 5.95. The third-order valence-corrected chi connectivity index (χ3v) is 3.03. The Labute approximate surface area is 104 Å². The van der Waals surface area contributed by atoms with Gasteiger partial charge in [0.15, 0.2) is 0 Å². The van der Waals surface area contributed by atoms with Crippen molar-refractivity contribution in [1.29, 1.82) is 0 Å². The van der Waals surface area contributed by atoms with E-state index in [9.17, 15) is 9.18 Å². The van der Waals surface area contributed by atoms with Gasteiger partial charge in [-0.3, -0.25) is 0 Å². The van der Waals surface area contributed by atoms with Crippen molar-refractivity contribution >= 4 is 17.3 Å². The van der Waals surface area contributed by atoms with Crippen LogP contribution < -0.4 is 10.6 Å². The Hall–Kier alpha value is -1.82. The van der Waals surface area contributed by atoms with Gasteiger partial charge in [-0.2, -0.15) is 0 Å². The Bertz CT molecular complexity index is 479. The summed E-state index contributed by atoms with van der Waals surface area (Å²) in [6, 6.07) is 2.34. The van der Waals surface area contributed by atoms with Crippen molar-refractivity contribution in [2.75, 3.05) is 30.4 Å². The summed E-state index contributed by atoms with van der Waals surface area (Å²) in [5, 5.41) is 9.00. The van der Waals surface area contributed by atoms with E-state index in [0.717, 1.165) is 6.07 Å². The molecule has 0 aromatic heterocycles. The van der Waals surface area contributed by atoms with Gasteiger partial charge in [-0.25, -0.2) is 9.18 Å². The molecule has 18 heavy (non-hydrogen) atoms. The second-order valence-corrected chi connectivity index (χ2v) is 4.31. The molecule has 98 valence electrons. The number of hydrogen-bond donors (Lipinski definition) is 2. The summed E-state index contributed by atoms with van der Waals surface area (Å²) in [7, 11) is 0. The van der Waals surface area contributed by atoms with Crippen LogP contribution in [0.25, 0.3) is 0 Å². The van der Waals surface area contributed by atoms with Crippen LogP contribution in [0.1, 0.15) is 17.3 Å². The lowest BCUT2D eigenvalue weighted by Crippen LogP contribution is -2.44. The maximum absolute atomic E-state index is 13.9. The molecule has 3 N–H and O–H groups in total. The average Bonchev–Trinajstić information content (AvgIpc) is 2.30. The normalized spacial score (nSPS) is 19.9. The number of halogens is 1. The van der Waals surface area contributed by atoms with Gasteiger partial charge in [0.25, 0.3) is 0 Å². The second kappa shape index (κ2) is 4.81. The van der Waals surface area contributed by atoms with E-state index in [0.29, 0.717) is 19.8 Å². The molecule has 0 saturated carbocycles. The third-order valence-electron chi connectivity index (χ3n) is 3.03. The zero-order chi connectivity index (χ0) is 13.3. The van der Waals surface area contributed by atoms with E-state index in [2.05, 4.69) is 0 Å². The molecule has 1 aliphatic rings. The van der Waals surface area contributed by atoms with Crippen molar-refractivity contribution in [1.82, 2.24) is 0 Å². The fourth-order valence-corrected chi connectivity index (χ4v) is 2.07. The quantitative estimate of drug-likeness (QED) is 0.779. The summed E-state index contributed by atoms with van der Waals surface area (Å²) in [4.78, 5) is 12.8. The first-order valence-corrected chi connectivity index (χ1v) is 5.67. The molecule has 0 amide bonds.